The maximum atomic E-state index is 3.29. The van der Waals surface area contributed by atoms with Gasteiger partial charge in [-0.3, -0.25) is 0 Å². The predicted molar refractivity (Wildman–Crippen MR) is 42.3 cm³/mol. The van der Waals surface area contributed by atoms with E-state index in [2.05, 4.69) is 39.1 Å². The van der Waals surface area contributed by atoms with E-state index in [1.165, 1.54) is 5.70 Å². The van der Waals surface area contributed by atoms with Crippen molar-refractivity contribution in [1.29, 1.82) is 0 Å². The molecule has 0 aromatic rings. The lowest BCUT2D eigenvalue weighted by molar-refractivity contribution is 0.666. The average Bonchev–Trinajstić information content (AvgIpc) is 1.82. The van der Waals surface area contributed by atoms with Crippen molar-refractivity contribution in [3.63, 3.8) is 0 Å². The highest BCUT2D eigenvalue weighted by atomic mass is 14.9. The largest absolute Gasteiger partial charge is 0.389 e. The van der Waals surface area contributed by atoms with Gasteiger partial charge >= 0.3 is 0 Å². The summed E-state index contributed by atoms with van der Waals surface area (Å²) in [6, 6.07) is 0. The predicted octanol–water partition coefficient (Wildman–Crippen LogP) is 2.16. The molecule has 1 N–H and O–H groups in total. The van der Waals surface area contributed by atoms with Crippen LogP contribution in [0, 0.1) is 5.92 Å². The van der Waals surface area contributed by atoms with Gasteiger partial charge in [0.15, 0.2) is 0 Å². The fraction of sp³-hybridized carbons (Fsp3) is 0.750. The molecular weight excluding hydrogens is 110 g/mol. The molecule has 54 valence electrons. The van der Waals surface area contributed by atoms with Crippen molar-refractivity contribution in [3.8, 4) is 0 Å². The highest BCUT2D eigenvalue weighted by molar-refractivity contribution is 4.99. The molecule has 0 radical (unpaired) electrons. The summed E-state index contributed by atoms with van der Waals surface area (Å²) < 4.78 is 0. The van der Waals surface area contributed by atoms with Gasteiger partial charge in [0.05, 0.1) is 0 Å². The first-order chi connectivity index (χ1) is 4.22. The van der Waals surface area contributed by atoms with E-state index in [0.717, 1.165) is 6.54 Å². The average molecular weight is 127 g/mol. The van der Waals surface area contributed by atoms with Crippen LogP contribution in [0.5, 0.6) is 0 Å². The molecular formula is C8H17N. The van der Waals surface area contributed by atoms with Gasteiger partial charge in [-0.05, 0) is 19.8 Å². The Morgan fingerprint density at radius 3 is 2.22 bits per heavy atom. The minimum atomic E-state index is 0.634. The molecule has 0 rings (SSSR count). The van der Waals surface area contributed by atoms with Gasteiger partial charge in [-0.25, -0.2) is 0 Å². The summed E-state index contributed by atoms with van der Waals surface area (Å²) in [6.45, 7) is 9.59. The van der Waals surface area contributed by atoms with Crippen LogP contribution in [-0.4, -0.2) is 6.54 Å². The molecule has 0 aliphatic heterocycles. The number of hydrogen-bond acceptors (Lipinski definition) is 1. The molecule has 0 aromatic heterocycles. The molecule has 0 heterocycles. The summed E-state index contributed by atoms with van der Waals surface area (Å²) in [4.78, 5) is 0. The van der Waals surface area contributed by atoms with Crippen LogP contribution < -0.4 is 5.32 Å². The Morgan fingerprint density at radius 1 is 1.56 bits per heavy atom. The van der Waals surface area contributed by atoms with E-state index in [1.54, 1.807) is 0 Å². The molecule has 1 nitrogen and oxygen atoms in total. The molecule has 1 heteroatoms. The van der Waals surface area contributed by atoms with E-state index in [9.17, 15) is 0 Å². The van der Waals surface area contributed by atoms with Crippen LogP contribution in [0.1, 0.15) is 27.7 Å². The fourth-order valence-corrected chi connectivity index (χ4v) is 0.844. The van der Waals surface area contributed by atoms with E-state index in [1.807, 2.05) is 0 Å². The molecule has 0 spiro atoms. The first kappa shape index (κ1) is 8.54. The second kappa shape index (κ2) is 4.42. The first-order valence-corrected chi connectivity index (χ1v) is 3.62. The van der Waals surface area contributed by atoms with E-state index in [0.29, 0.717) is 5.92 Å². The second-order valence-corrected chi connectivity index (χ2v) is 2.43. The van der Waals surface area contributed by atoms with Crippen LogP contribution >= 0.6 is 0 Å². The summed E-state index contributed by atoms with van der Waals surface area (Å²) in [5.74, 6) is 0.634. The zero-order chi connectivity index (χ0) is 7.28. The monoisotopic (exact) mass is 127 g/mol. The first-order valence-electron chi connectivity index (χ1n) is 3.62. The van der Waals surface area contributed by atoms with E-state index < -0.39 is 0 Å². The quantitative estimate of drug-likeness (QED) is 0.612. The summed E-state index contributed by atoms with van der Waals surface area (Å²) in [6.07, 6.45) is 2.13. The van der Waals surface area contributed by atoms with Crippen LogP contribution in [0.25, 0.3) is 0 Å². The topological polar surface area (TPSA) is 12.0 Å². The number of allylic oxidation sites excluding steroid dienone is 2. The van der Waals surface area contributed by atoms with Gasteiger partial charge in [0.25, 0.3) is 0 Å². The Bertz CT molecular complexity index is 92.7. The van der Waals surface area contributed by atoms with Crippen LogP contribution in [0.4, 0.5) is 0 Å². The van der Waals surface area contributed by atoms with Crippen molar-refractivity contribution in [3.05, 3.63) is 11.8 Å². The zero-order valence-electron chi connectivity index (χ0n) is 6.86. The van der Waals surface area contributed by atoms with Crippen molar-refractivity contribution < 1.29 is 0 Å². The van der Waals surface area contributed by atoms with Crippen molar-refractivity contribution in [2.75, 3.05) is 6.54 Å². The molecule has 0 aromatic carbocycles. The Labute approximate surface area is 58.2 Å². The van der Waals surface area contributed by atoms with Crippen molar-refractivity contribution in [2.24, 2.45) is 5.92 Å². The fourth-order valence-electron chi connectivity index (χ4n) is 0.844. The molecule has 0 atom stereocenters. The van der Waals surface area contributed by atoms with Crippen molar-refractivity contribution in [2.45, 2.75) is 27.7 Å². The standard InChI is InChI=1S/C8H17N/c1-5-8(7(3)4)9-6-2/h5,7,9H,6H2,1-4H3/b8-5+. The molecule has 0 aliphatic rings. The number of nitrogens with one attached hydrogen (secondary N) is 1. The molecule has 0 unspecified atom stereocenters. The zero-order valence-corrected chi connectivity index (χ0v) is 6.86. The molecule has 0 fully saturated rings. The van der Waals surface area contributed by atoms with Gasteiger partial charge < -0.3 is 5.32 Å². The highest BCUT2D eigenvalue weighted by Gasteiger charge is 1.97. The third-order valence-corrected chi connectivity index (χ3v) is 1.31. The molecule has 9 heavy (non-hydrogen) atoms. The molecule has 0 aliphatic carbocycles. The molecule has 0 saturated carbocycles. The lowest BCUT2D eigenvalue weighted by Crippen LogP contribution is -2.16. The Kier molecular flexibility index (Phi) is 4.20. The van der Waals surface area contributed by atoms with E-state index >= 15 is 0 Å². The number of hydrogen-bond donors (Lipinski definition) is 1. The molecule has 0 bridgehead atoms. The second-order valence-electron chi connectivity index (χ2n) is 2.43. The summed E-state index contributed by atoms with van der Waals surface area (Å²) >= 11 is 0. The Hall–Kier alpha value is -0.460. The summed E-state index contributed by atoms with van der Waals surface area (Å²) in [7, 11) is 0. The smallest absolute Gasteiger partial charge is 0.0115 e. The third kappa shape index (κ3) is 3.17. The van der Waals surface area contributed by atoms with Gasteiger partial charge in [0.2, 0.25) is 0 Å². The van der Waals surface area contributed by atoms with Gasteiger partial charge in [-0.1, -0.05) is 19.9 Å². The highest BCUT2D eigenvalue weighted by Crippen LogP contribution is 2.03. The minimum Gasteiger partial charge on any atom is -0.389 e. The van der Waals surface area contributed by atoms with Crippen molar-refractivity contribution in [1.82, 2.24) is 5.32 Å². The lowest BCUT2D eigenvalue weighted by Gasteiger charge is -2.11. The maximum absolute atomic E-state index is 3.29. The Balaban J connectivity index is 3.70. The maximum Gasteiger partial charge on any atom is 0.0115 e. The van der Waals surface area contributed by atoms with Gasteiger partial charge in [0, 0.05) is 12.2 Å². The third-order valence-electron chi connectivity index (χ3n) is 1.31. The normalized spacial score (nSPS) is 12.3. The Morgan fingerprint density at radius 2 is 2.11 bits per heavy atom. The van der Waals surface area contributed by atoms with Gasteiger partial charge in [-0.15, -0.1) is 0 Å². The van der Waals surface area contributed by atoms with E-state index in [4.69, 9.17) is 0 Å². The molecule has 0 saturated heterocycles. The minimum absolute atomic E-state index is 0.634. The molecule has 0 amide bonds. The lowest BCUT2D eigenvalue weighted by atomic mass is 10.1. The van der Waals surface area contributed by atoms with E-state index in [-0.39, 0.29) is 0 Å². The van der Waals surface area contributed by atoms with Crippen LogP contribution in [0.3, 0.4) is 0 Å². The van der Waals surface area contributed by atoms with Crippen molar-refractivity contribution >= 4 is 0 Å². The van der Waals surface area contributed by atoms with Crippen LogP contribution in [0.15, 0.2) is 11.8 Å². The van der Waals surface area contributed by atoms with Crippen LogP contribution in [0.2, 0.25) is 0 Å². The SMILES string of the molecule is C/C=C(/NCC)C(C)C. The van der Waals surface area contributed by atoms with Gasteiger partial charge in [-0.2, -0.15) is 0 Å². The summed E-state index contributed by atoms with van der Waals surface area (Å²) in [5.41, 5.74) is 1.34. The van der Waals surface area contributed by atoms with Crippen LogP contribution in [-0.2, 0) is 0 Å². The number of rotatable bonds is 3. The van der Waals surface area contributed by atoms with Gasteiger partial charge in [0.1, 0.15) is 0 Å². The summed E-state index contributed by atoms with van der Waals surface area (Å²) in [5, 5.41) is 3.29.